The minimum atomic E-state index is -0.583. The van der Waals surface area contributed by atoms with Gasteiger partial charge in [-0.25, -0.2) is 0 Å². The van der Waals surface area contributed by atoms with E-state index in [0.717, 1.165) is 24.0 Å². The first-order valence-electron chi connectivity index (χ1n) is 8.92. The second-order valence-electron chi connectivity index (χ2n) is 6.74. The van der Waals surface area contributed by atoms with Gasteiger partial charge in [0.2, 0.25) is 0 Å². The molecule has 5 heteroatoms. The summed E-state index contributed by atoms with van der Waals surface area (Å²) in [5.41, 5.74) is 2.66. The molecule has 1 saturated carbocycles. The van der Waals surface area contributed by atoms with Gasteiger partial charge in [-0.1, -0.05) is 24.3 Å². The lowest BCUT2D eigenvalue weighted by Gasteiger charge is -2.15. The molecule has 0 radical (unpaired) electrons. The topological polar surface area (TPSA) is 67.4 Å². The maximum absolute atomic E-state index is 12.2. The average molecular weight is 352 g/mol. The first-order chi connectivity index (χ1) is 12.5. The number of benzene rings is 2. The van der Waals surface area contributed by atoms with Crippen LogP contribution in [0, 0.1) is 6.92 Å². The SMILES string of the molecule is Cc1cccc(OC(C)C(=O)NCc2ccc(C(=O)NC3CC3)cc2)c1. The van der Waals surface area contributed by atoms with Crippen LogP contribution >= 0.6 is 0 Å². The van der Waals surface area contributed by atoms with Crippen molar-refractivity contribution >= 4 is 11.8 Å². The van der Waals surface area contributed by atoms with Crippen molar-refractivity contribution in [1.82, 2.24) is 10.6 Å². The molecule has 3 rings (SSSR count). The first-order valence-corrected chi connectivity index (χ1v) is 8.92. The van der Waals surface area contributed by atoms with Crippen LogP contribution in [0.5, 0.6) is 5.75 Å². The Kier molecular flexibility index (Phi) is 5.56. The molecule has 1 fully saturated rings. The number of ether oxygens (including phenoxy) is 1. The molecule has 5 nitrogen and oxygen atoms in total. The van der Waals surface area contributed by atoms with E-state index in [4.69, 9.17) is 4.74 Å². The summed E-state index contributed by atoms with van der Waals surface area (Å²) in [5, 5.41) is 5.82. The molecule has 1 aliphatic carbocycles. The molecule has 0 aliphatic heterocycles. The number of aryl methyl sites for hydroxylation is 1. The largest absolute Gasteiger partial charge is 0.481 e. The summed E-state index contributed by atoms with van der Waals surface area (Å²) in [6.45, 7) is 4.10. The van der Waals surface area contributed by atoms with Gasteiger partial charge in [0.05, 0.1) is 0 Å². The highest BCUT2D eigenvalue weighted by Crippen LogP contribution is 2.19. The van der Waals surface area contributed by atoms with Crippen LogP contribution in [0.1, 0.15) is 41.3 Å². The fourth-order valence-corrected chi connectivity index (χ4v) is 2.55. The van der Waals surface area contributed by atoms with E-state index in [0.29, 0.717) is 23.9 Å². The van der Waals surface area contributed by atoms with Gasteiger partial charge in [-0.3, -0.25) is 9.59 Å². The Morgan fingerprint density at radius 2 is 1.88 bits per heavy atom. The Morgan fingerprint density at radius 3 is 2.54 bits per heavy atom. The van der Waals surface area contributed by atoms with Gasteiger partial charge in [-0.15, -0.1) is 0 Å². The summed E-state index contributed by atoms with van der Waals surface area (Å²) in [6, 6.07) is 15.2. The molecule has 1 atom stereocenters. The standard InChI is InChI=1S/C21H24N2O3/c1-14-4-3-5-19(12-14)26-15(2)20(24)22-13-16-6-8-17(9-7-16)21(25)23-18-10-11-18/h3-9,12,15,18H,10-11,13H2,1-2H3,(H,22,24)(H,23,25). The highest BCUT2D eigenvalue weighted by atomic mass is 16.5. The summed E-state index contributed by atoms with van der Waals surface area (Å²) in [7, 11) is 0. The molecule has 136 valence electrons. The molecule has 0 saturated heterocycles. The van der Waals surface area contributed by atoms with Crippen LogP contribution in [-0.2, 0) is 11.3 Å². The lowest BCUT2D eigenvalue weighted by molar-refractivity contribution is -0.127. The Morgan fingerprint density at radius 1 is 1.15 bits per heavy atom. The minimum Gasteiger partial charge on any atom is -0.481 e. The van der Waals surface area contributed by atoms with Crippen LogP contribution in [0.3, 0.4) is 0 Å². The Labute approximate surface area is 153 Å². The van der Waals surface area contributed by atoms with Crippen LogP contribution in [0.4, 0.5) is 0 Å². The number of hydrogen-bond acceptors (Lipinski definition) is 3. The molecular formula is C21H24N2O3. The molecule has 0 bridgehead atoms. The van der Waals surface area contributed by atoms with Crippen molar-refractivity contribution < 1.29 is 14.3 Å². The summed E-state index contributed by atoms with van der Waals surface area (Å²) in [6.07, 6.45) is 1.55. The molecule has 1 aliphatic rings. The van der Waals surface area contributed by atoms with Gasteiger partial charge in [-0.2, -0.15) is 0 Å². The van der Waals surface area contributed by atoms with Crippen LogP contribution < -0.4 is 15.4 Å². The normalized spacial score (nSPS) is 14.4. The maximum atomic E-state index is 12.2. The van der Waals surface area contributed by atoms with E-state index < -0.39 is 6.10 Å². The Bertz CT molecular complexity index is 782. The van der Waals surface area contributed by atoms with E-state index in [1.807, 2.05) is 43.3 Å². The van der Waals surface area contributed by atoms with Crippen molar-refractivity contribution in [2.75, 3.05) is 0 Å². The van der Waals surface area contributed by atoms with E-state index >= 15 is 0 Å². The fraction of sp³-hybridized carbons (Fsp3) is 0.333. The van der Waals surface area contributed by atoms with Crippen molar-refractivity contribution in [2.24, 2.45) is 0 Å². The van der Waals surface area contributed by atoms with Crippen molar-refractivity contribution in [2.45, 2.75) is 45.4 Å². The summed E-state index contributed by atoms with van der Waals surface area (Å²) in [4.78, 5) is 24.2. The number of carbonyl (C=O) groups excluding carboxylic acids is 2. The molecule has 2 aromatic carbocycles. The summed E-state index contributed by atoms with van der Waals surface area (Å²) >= 11 is 0. The van der Waals surface area contributed by atoms with Crippen molar-refractivity contribution in [3.8, 4) is 5.75 Å². The predicted molar refractivity (Wildman–Crippen MR) is 100 cm³/mol. The second kappa shape index (κ2) is 8.04. The molecular weight excluding hydrogens is 328 g/mol. The van der Waals surface area contributed by atoms with E-state index in [2.05, 4.69) is 10.6 Å². The molecule has 26 heavy (non-hydrogen) atoms. The monoisotopic (exact) mass is 352 g/mol. The van der Waals surface area contributed by atoms with Gasteiger partial charge in [0.15, 0.2) is 6.10 Å². The number of nitrogens with one attached hydrogen (secondary N) is 2. The molecule has 2 aromatic rings. The quantitative estimate of drug-likeness (QED) is 0.805. The lowest BCUT2D eigenvalue weighted by atomic mass is 10.1. The van der Waals surface area contributed by atoms with Gasteiger partial charge in [0.1, 0.15) is 5.75 Å². The van der Waals surface area contributed by atoms with E-state index in [9.17, 15) is 9.59 Å². The van der Waals surface area contributed by atoms with Gasteiger partial charge >= 0.3 is 0 Å². The zero-order chi connectivity index (χ0) is 18.5. The van der Waals surface area contributed by atoms with Crippen LogP contribution in [0.15, 0.2) is 48.5 Å². The van der Waals surface area contributed by atoms with Gasteiger partial charge in [-0.05, 0) is 62.1 Å². The number of rotatable bonds is 7. The zero-order valence-corrected chi connectivity index (χ0v) is 15.1. The third kappa shape index (κ3) is 5.09. The highest BCUT2D eigenvalue weighted by molar-refractivity contribution is 5.94. The summed E-state index contributed by atoms with van der Waals surface area (Å²) in [5.74, 6) is 0.462. The second-order valence-corrected chi connectivity index (χ2v) is 6.74. The lowest BCUT2D eigenvalue weighted by Crippen LogP contribution is -2.35. The van der Waals surface area contributed by atoms with Gasteiger partial charge < -0.3 is 15.4 Å². The van der Waals surface area contributed by atoms with Crippen molar-refractivity contribution in [3.05, 3.63) is 65.2 Å². The van der Waals surface area contributed by atoms with Crippen LogP contribution in [0.25, 0.3) is 0 Å². The predicted octanol–water partition coefficient (Wildman–Crippen LogP) is 2.97. The molecule has 0 heterocycles. The van der Waals surface area contributed by atoms with E-state index in [1.54, 1.807) is 19.1 Å². The third-order valence-electron chi connectivity index (χ3n) is 4.27. The summed E-state index contributed by atoms with van der Waals surface area (Å²) < 4.78 is 5.67. The van der Waals surface area contributed by atoms with Crippen molar-refractivity contribution in [3.63, 3.8) is 0 Å². The Balaban J connectivity index is 1.48. The average Bonchev–Trinajstić information content (AvgIpc) is 3.44. The number of amides is 2. The number of carbonyl (C=O) groups is 2. The zero-order valence-electron chi connectivity index (χ0n) is 15.1. The molecule has 0 aromatic heterocycles. The van der Waals surface area contributed by atoms with Crippen LogP contribution in [-0.4, -0.2) is 24.0 Å². The molecule has 1 unspecified atom stereocenters. The molecule has 2 N–H and O–H groups in total. The minimum absolute atomic E-state index is 0.0386. The van der Waals surface area contributed by atoms with Gasteiger partial charge in [0, 0.05) is 18.2 Å². The van der Waals surface area contributed by atoms with Gasteiger partial charge in [0.25, 0.3) is 11.8 Å². The van der Waals surface area contributed by atoms with E-state index in [1.165, 1.54) is 0 Å². The van der Waals surface area contributed by atoms with E-state index in [-0.39, 0.29) is 11.8 Å². The van der Waals surface area contributed by atoms with Crippen LogP contribution in [0.2, 0.25) is 0 Å². The molecule has 0 spiro atoms. The highest BCUT2D eigenvalue weighted by Gasteiger charge is 2.23. The Hall–Kier alpha value is -2.82. The fourth-order valence-electron chi connectivity index (χ4n) is 2.55. The third-order valence-corrected chi connectivity index (χ3v) is 4.27. The first kappa shape index (κ1) is 18.0. The smallest absolute Gasteiger partial charge is 0.261 e. The van der Waals surface area contributed by atoms with Crippen molar-refractivity contribution in [1.29, 1.82) is 0 Å². The maximum Gasteiger partial charge on any atom is 0.261 e. The number of hydrogen-bond donors (Lipinski definition) is 2. The molecule has 2 amide bonds.